The van der Waals surface area contributed by atoms with Gasteiger partial charge in [-0.2, -0.15) is 0 Å². The molecule has 0 aliphatic rings. The third kappa shape index (κ3) is 5.45. The lowest BCUT2D eigenvalue weighted by Gasteiger charge is -2.16. The van der Waals surface area contributed by atoms with Crippen molar-refractivity contribution in [3.63, 3.8) is 0 Å². The molecule has 1 aromatic heterocycles. The Kier molecular flexibility index (Phi) is 7.40. The molecule has 184 valence electrons. The molecule has 0 radical (unpaired) electrons. The number of benzene rings is 4. The molecule has 1 amide bonds. The zero-order valence-electron chi connectivity index (χ0n) is 20.1. The van der Waals surface area contributed by atoms with Crippen LogP contribution in [0.5, 0.6) is 0 Å². The van der Waals surface area contributed by atoms with Gasteiger partial charge in [0, 0.05) is 10.7 Å². The first-order valence-electron chi connectivity index (χ1n) is 11.8. The van der Waals surface area contributed by atoms with E-state index in [1.54, 1.807) is 28.8 Å². The molecule has 0 aliphatic carbocycles. The molecule has 1 N–H and O–H groups in total. The fraction of sp³-hybridized carbons (Fsp3) is 0.100. The second-order valence-corrected chi connectivity index (χ2v) is 9.94. The SMILES string of the molecule is Cc1c(Cl)cccc1-n1c(SCC(=O)Nc2ccccc2Cc2ccccc2)nc2ccccc2c1=O. The first-order valence-corrected chi connectivity index (χ1v) is 13.2. The predicted octanol–water partition coefficient (Wildman–Crippen LogP) is 6.67. The van der Waals surface area contributed by atoms with Crippen molar-refractivity contribution >= 4 is 45.9 Å². The van der Waals surface area contributed by atoms with E-state index in [0.29, 0.717) is 33.2 Å². The van der Waals surface area contributed by atoms with Gasteiger partial charge in [-0.15, -0.1) is 0 Å². The topological polar surface area (TPSA) is 64.0 Å². The van der Waals surface area contributed by atoms with Crippen LogP contribution in [0.2, 0.25) is 5.02 Å². The van der Waals surface area contributed by atoms with E-state index in [0.717, 1.165) is 16.8 Å². The Bertz CT molecular complexity index is 1650. The van der Waals surface area contributed by atoms with Crippen LogP contribution < -0.4 is 10.9 Å². The van der Waals surface area contributed by atoms with E-state index in [1.807, 2.05) is 67.6 Å². The van der Waals surface area contributed by atoms with Crippen LogP contribution in [0, 0.1) is 6.92 Å². The number of halogens is 1. The highest BCUT2D eigenvalue weighted by atomic mass is 35.5. The predicted molar refractivity (Wildman–Crippen MR) is 152 cm³/mol. The number of anilines is 1. The summed E-state index contributed by atoms with van der Waals surface area (Å²) in [5.74, 6) is -0.0911. The van der Waals surface area contributed by atoms with Gasteiger partial charge in [-0.1, -0.05) is 90.1 Å². The third-order valence-corrected chi connectivity index (χ3v) is 7.43. The van der Waals surface area contributed by atoms with Crippen molar-refractivity contribution in [1.82, 2.24) is 9.55 Å². The number of hydrogen-bond acceptors (Lipinski definition) is 4. The molecule has 5 nitrogen and oxygen atoms in total. The minimum absolute atomic E-state index is 0.0874. The van der Waals surface area contributed by atoms with E-state index in [4.69, 9.17) is 16.6 Å². The average Bonchev–Trinajstić information content (AvgIpc) is 2.91. The molecule has 0 saturated heterocycles. The van der Waals surface area contributed by atoms with Crippen LogP contribution in [0.3, 0.4) is 0 Å². The fourth-order valence-corrected chi connectivity index (χ4v) is 5.16. The highest BCUT2D eigenvalue weighted by molar-refractivity contribution is 7.99. The highest BCUT2D eigenvalue weighted by Crippen LogP contribution is 2.27. The van der Waals surface area contributed by atoms with Gasteiger partial charge >= 0.3 is 0 Å². The Hall–Kier alpha value is -3.87. The number of thioether (sulfide) groups is 1. The quantitative estimate of drug-likeness (QED) is 0.190. The van der Waals surface area contributed by atoms with Crippen molar-refractivity contribution in [3.8, 4) is 5.69 Å². The van der Waals surface area contributed by atoms with Gasteiger partial charge in [-0.05, 0) is 60.4 Å². The van der Waals surface area contributed by atoms with Crippen LogP contribution >= 0.6 is 23.4 Å². The molecule has 0 aliphatic heterocycles. The first-order chi connectivity index (χ1) is 18.0. The second kappa shape index (κ2) is 11.0. The van der Waals surface area contributed by atoms with Gasteiger partial charge < -0.3 is 5.32 Å². The molecular weight excluding hydrogens is 502 g/mol. The zero-order chi connectivity index (χ0) is 25.8. The Morgan fingerprint density at radius 3 is 2.49 bits per heavy atom. The Morgan fingerprint density at radius 1 is 0.919 bits per heavy atom. The number of rotatable bonds is 7. The number of para-hydroxylation sites is 2. The molecule has 0 atom stereocenters. The van der Waals surface area contributed by atoms with Crippen LogP contribution in [0.25, 0.3) is 16.6 Å². The van der Waals surface area contributed by atoms with Crippen molar-refractivity contribution < 1.29 is 4.79 Å². The highest BCUT2D eigenvalue weighted by Gasteiger charge is 2.17. The first kappa shape index (κ1) is 24.8. The minimum Gasteiger partial charge on any atom is -0.325 e. The summed E-state index contributed by atoms with van der Waals surface area (Å²) in [6.45, 7) is 1.87. The summed E-state index contributed by atoms with van der Waals surface area (Å²) in [7, 11) is 0. The number of fused-ring (bicyclic) bond motifs is 1. The zero-order valence-corrected chi connectivity index (χ0v) is 21.7. The van der Waals surface area contributed by atoms with Crippen molar-refractivity contribution in [1.29, 1.82) is 0 Å². The molecule has 5 aromatic rings. The van der Waals surface area contributed by atoms with E-state index >= 15 is 0 Å². The largest absolute Gasteiger partial charge is 0.325 e. The average molecular weight is 526 g/mol. The van der Waals surface area contributed by atoms with E-state index in [2.05, 4.69) is 17.4 Å². The van der Waals surface area contributed by atoms with E-state index < -0.39 is 0 Å². The summed E-state index contributed by atoms with van der Waals surface area (Å²) in [6, 6.07) is 30.6. The molecule has 0 saturated carbocycles. The van der Waals surface area contributed by atoms with Gasteiger partial charge in [-0.25, -0.2) is 4.98 Å². The lowest BCUT2D eigenvalue weighted by Crippen LogP contribution is -2.23. The Labute approximate surface area is 224 Å². The van der Waals surface area contributed by atoms with Crippen LogP contribution in [0.15, 0.2) is 107 Å². The number of carbonyl (C=O) groups excluding carboxylic acids is 1. The molecule has 0 fully saturated rings. The van der Waals surface area contributed by atoms with Crippen molar-refractivity contribution in [2.75, 3.05) is 11.1 Å². The monoisotopic (exact) mass is 525 g/mol. The van der Waals surface area contributed by atoms with E-state index in [1.165, 1.54) is 17.3 Å². The van der Waals surface area contributed by atoms with Gasteiger partial charge in [0.05, 0.1) is 22.3 Å². The summed E-state index contributed by atoms with van der Waals surface area (Å²) in [6.07, 6.45) is 0.713. The van der Waals surface area contributed by atoms with Crippen molar-refractivity contribution in [3.05, 3.63) is 129 Å². The van der Waals surface area contributed by atoms with Gasteiger partial charge in [0.1, 0.15) is 0 Å². The molecule has 0 unspecified atom stereocenters. The van der Waals surface area contributed by atoms with E-state index in [-0.39, 0.29) is 17.2 Å². The maximum absolute atomic E-state index is 13.5. The summed E-state index contributed by atoms with van der Waals surface area (Å²) < 4.78 is 1.55. The number of carbonyl (C=O) groups is 1. The van der Waals surface area contributed by atoms with Crippen LogP contribution in [-0.2, 0) is 11.2 Å². The van der Waals surface area contributed by atoms with Gasteiger partial charge in [0.2, 0.25) is 5.91 Å². The molecule has 37 heavy (non-hydrogen) atoms. The molecule has 0 spiro atoms. The Morgan fingerprint density at radius 2 is 1.65 bits per heavy atom. The lowest BCUT2D eigenvalue weighted by molar-refractivity contribution is -0.113. The summed E-state index contributed by atoms with van der Waals surface area (Å²) in [5, 5.41) is 4.53. The number of amides is 1. The van der Waals surface area contributed by atoms with Crippen LogP contribution in [0.1, 0.15) is 16.7 Å². The third-order valence-electron chi connectivity index (χ3n) is 6.09. The second-order valence-electron chi connectivity index (χ2n) is 8.59. The van der Waals surface area contributed by atoms with E-state index in [9.17, 15) is 9.59 Å². The van der Waals surface area contributed by atoms with Crippen LogP contribution in [0.4, 0.5) is 5.69 Å². The fourth-order valence-electron chi connectivity index (χ4n) is 4.19. The normalized spacial score (nSPS) is 11.0. The molecular formula is C30H24ClN3O2S. The number of aromatic nitrogens is 2. The Balaban J connectivity index is 1.43. The molecule has 0 bridgehead atoms. The molecule has 5 rings (SSSR count). The maximum atomic E-state index is 13.5. The van der Waals surface area contributed by atoms with Gasteiger partial charge in [-0.3, -0.25) is 14.2 Å². The van der Waals surface area contributed by atoms with Crippen molar-refractivity contribution in [2.45, 2.75) is 18.5 Å². The summed E-state index contributed by atoms with van der Waals surface area (Å²) in [4.78, 5) is 31.3. The molecule has 1 heterocycles. The minimum atomic E-state index is -0.202. The lowest BCUT2D eigenvalue weighted by atomic mass is 10.0. The number of nitrogens with zero attached hydrogens (tertiary/aromatic N) is 2. The number of hydrogen-bond donors (Lipinski definition) is 1. The molecule has 7 heteroatoms. The van der Waals surface area contributed by atoms with Gasteiger partial charge in [0.15, 0.2) is 5.16 Å². The summed E-state index contributed by atoms with van der Waals surface area (Å²) in [5.41, 5.74) is 4.76. The van der Waals surface area contributed by atoms with Gasteiger partial charge in [0.25, 0.3) is 5.56 Å². The van der Waals surface area contributed by atoms with Crippen molar-refractivity contribution in [2.24, 2.45) is 0 Å². The number of nitrogens with one attached hydrogen (secondary N) is 1. The molecule has 4 aromatic carbocycles. The summed E-state index contributed by atoms with van der Waals surface area (Å²) >= 11 is 7.59. The van der Waals surface area contributed by atoms with Crippen LogP contribution in [-0.4, -0.2) is 21.2 Å². The smallest absolute Gasteiger partial charge is 0.266 e. The maximum Gasteiger partial charge on any atom is 0.266 e. The standard InChI is InChI=1S/C30H24ClN3O2S/c1-20-24(31)14-9-17-27(20)34-29(36)23-13-6-8-16-26(23)33-30(34)37-19-28(35)32-25-15-7-5-12-22(25)18-21-10-3-2-4-11-21/h2-17H,18-19H2,1H3,(H,32,35).